The zero-order valence-corrected chi connectivity index (χ0v) is 12.0. The maximum absolute atomic E-state index is 7.47. The van der Waals surface area contributed by atoms with Crippen LogP contribution in [0.25, 0.3) is 0 Å². The van der Waals surface area contributed by atoms with Crippen molar-refractivity contribution < 1.29 is 0 Å². The Morgan fingerprint density at radius 3 is 2.90 bits per heavy atom. The third kappa shape index (κ3) is 3.68. The minimum atomic E-state index is 0.113. The topological polar surface area (TPSA) is 70.9 Å². The van der Waals surface area contributed by atoms with Crippen LogP contribution < -0.4 is 5.73 Å². The molecule has 2 rings (SSSR count). The highest BCUT2D eigenvalue weighted by atomic mass is 15.1. The largest absolute Gasteiger partial charge is 0.384 e. The maximum atomic E-state index is 7.47. The number of likely N-dealkylation sites (N-methyl/N-ethyl adjacent to an activating group) is 1. The van der Waals surface area contributed by atoms with E-state index in [-0.39, 0.29) is 5.84 Å². The van der Waals surface area contributed by atoms with Crippen LogP contribution in [0.3, 0.4) is 0 Å². The Morgan fingerprint density at radius 1 is 1.45 bits per heavy atom. The number of nitrogens with one attached hydrogen (secondary N) is 1. The monoisotopic (exact) mass is 271 g/mol. The number of hydrogen-bond acceptors (Lipinski definition) is 3. The number of benzene rings is 1. The van der Waals surface area contributed by atoms with Gasteiger partial charge in [0.15, 0.2) is 0 Å². The lowest BCUT2D eigenvalue weighted by molar-refractivity contribution is 0.327. The van der Waals surface area contributed by atoms with Crippen LogP contribution in [0.15, 0.2) is 36.7 Å². The fourth-order valence-electron chi connectivity index (χ4n) is 2.16. The van der Waals surface area contributed by atoms with Crippen LogP contribution in [0.4, 0.5) is 0 Å². The molecular formula is C15H21N5. The Balaban J connectivity index is 1.91. The van der Waals surface area contributed by atoms with Crippen molar-refractivity contribution in [2.75, 3.05) is 13.6 Å². The fourth-order valence-corrected chi connectivity index (χ4v) is 2.16. The normalized spacial score (nSPS) is 10.9. The third-order valence-corrected chi connectivity index (χ3v) is 3.33. The number of nitrogens with zero attached hydrogens (tertiary/aromatic N) is 3. The predicted octanol–water partition coefficient (Wildman–Crippen LogP) is 1.38. The van der Waals surface area contributed by atoms with Crippen molar-refractivity contribution in [3.05, 3.63) is 53.6 Å². The molecule has 0 unspecified atom stereocenters. The minimum Gasteiger partial charge on any atom is -0.384 e. The first kappa shape index (κ1) is 14.3. The summed E-state index contributed by atoms with van der Waals surface area (Å²) in [5.74, 6) is 1.21. The number of aryl methyl sites for hydroxylation is 1. The van der Waals surface area contributed by atoms with Gasteiger partial charge in [-0.2, -0.15) is 0 Å². The van der Waals surface area contributed by atoms with Gasteiger partial charge in [-0.15, -0.1) is 0 Å². The van der Waals surface area contributed by atoms with Crippen molar-refractivity contribution >= 4 is 5.84 Å². The van der Waals surface area contributed by atoms with E-state index in [1.807, 2.05) is 42.2 Å². The molecule has 3 N–H and O–H groups in total. The summed E-state index contributed by atoms with van der Waals surface area (Å²) in [4.78, 5) is 6.57. The van der Waals surface area contributed by atoms with E-state index in [2.05, 4.69) is 23.0 Å². The summed E-state index contributed by atoms with van der Waals surface area (Å²) < 4.78 is 2.05. The van der Waals surface area contributed by atoms with Crippen LogP contribution >= 0.6 is 0 Å². The third-order valence-electron chi connectivity index (χ3n) is 3.33. The second-order valence-electron chi connectivity index (χ2n) is 5.06. The average Bonchev–Trinajstić information content (AvgIpc) is 2.82. The Morgan fingerprint density at radius 2 is 2.25 bits per heavy atom. The molecule has 0 amide bonds. The van der Waals surface area contributed by atoms with Gasteiger partial charge in [-0.3, -0.25) is 5.41 Å². The first-order valence-electron chi connectivity index (χ1n) is 6.64. The van der Waals surface area contributed by atoms with E-state index in [1.54, 1.807) is 0 Å². The molecule has 0 spiro atoms. The lowest BCUT2D eigenvalue weighted by atomic mass is 10.1. The Hall–Kier alpha value is -2.14. The van der Waals surface area contributed by atoms with Crippen molar-refractivity contribution in [2.45, 2.75) is 13.0 Å². The number of nitrogen functional groups attached to an aromatic ring is 1. The van der Waals surface area contributed by atoms with Crippen LogP contribution in [-0.4, -0.2) is 33.9 Å². The molecule has 0 aliphatic carbocycles. The SMILES string of the molecule is CN(CCc1nccn1C)Cc1cccc(C(=N)N)c1. The molecule has 20 heavy (non-hydrogen) atoms. The van der Waals surface area contributed by atoms with Gasteiger partial charge >= 0.3 is 0 Å². The molecule has 106 valence electrons. The quantitative estimate of drug-likeness (QED) is 0.616. The van der Waals surface area contributed by atoms with Crippen molar-refractivity contribution in [1.82, 2.24) is 14.5 Å². The van der Waals surface area contributed by atoms with E-state index in [1.165, 1.54) is 5.56 Å². The van der Waals surface area contributed by atoms with Crippen molar-refractivity contribution in [1.29, 1.82) is 5.41 Å². The standard InChI is InChI=1S/C15H21N5/c1-19(8-6-14-18-7-9-20(14)2)11-12-4-3-5-13(10-12)15(16)17/h3-5,7,9-10H,6,8,11H2,1-2H3,(H3,16,17). The van der Waals surface area contributed by atoms with E-state index in [0.29, 0.717) is 0 Å². The fraction of sp³-hybridized carbons (Fsp3) is 0.333. The number of hydrogen-bond donors (Lipinski definition) is 2. The van der Waals surface area contributed by atoms with E-state index in [9.17, 15) is 0 Å². The molecule has 1 aromatic heterocycles. The Labute approximate surface area is 119 Å². The van der Waals surface area contributed by atoms with Gasteiger partial charge in [-0.25, -0.2) is 4.98 Å². The zero-order valence-electron chi connectivity index (χ0n) is 12.0. The predicted molar refractivity (Wildman–Crippen MR) is 80.7 cm³/mol. The molecule has 5 heteroatoms. The summed E-state index contributed by atoms with van der Waals surface area (Å²) >= 11 is 0. The molecule has 0 saturated heterocycles. The van der Waals surface area contributed by atoms with Gasteiger partial charge in [0.05, 0.1) is 0 Å². The molecular weight excluding hydrogens is 250 g/mol. The summed E-state index contributed by atoms with van der Waals surface area (Å²) in [5.41, 5.74) is 7.46. The van der Waals surface area contributed by atoms with Gasteiger partial charge in [0, 0.05) is 44.5 Å². The highest BCUT2D eigenvalue weighted by Gasteiger charge is 2.05. The molecule has 1 aromatic carbocycles. The minimum absolute atomic E-state index is 0.113. The molecule has 1 heterocycles. The summed E-state index contributed by atoms with van der Waals surface area (Å²) in [7, 11) is 4.10. The first-order chi connectivity index (χ1) is 9.56. The Bertz CT molecular complexity index is 587. The summed E-state index contributed by atoms with van der Waals surface area (Å²) in [5, 5.41) is 7.47. The lowest BCUT2D eigenvalue weighted by Gasteiger charge is -2.17. The van der Waals surface area contributed by atoms with E-state index in [0.717, 1.165) is 30.9 Å². The highest BCUT2D eigenvalue weighted by Crippen LogP contribution is 2.08. The smallest absolute Gasteiger partial charge is 0.122 e. The molecule has 0 bridgehead atoms. The summed E-state index contributed by atoms with van der Waals surface area (Å²) in [6, 6.07) is 7.84. The number of aromatic nitrogens is 2. The van der Waals surface area contributed by atoms with Crippen LogP contribution in [0.5, 0.6) is 0 Å². The van der Waals surface area contributed by atoms with Crippen molar-refractivity contribution in [2.24, 2.45) is 12.8 Å². The molecule has 0 atom stereocenters. The molecule has 0 fully saturated rings. The van der Waals surface area contributed by atoms with Gasteiger partial charge in [0.1, 0.15) is 11.7 Å². The Kier molecular flexibility index (Phi) is 4.53. The van der Waals surface area contributed by atoms with Gasteiger partial charge in [0.25, 0.3) is 0 Å². The molecule has 0 saturated carbocycles. The molecule has 0 radical (unpaired) electrons. The maximum Gasteiger partial charge on any atom is 0.122 e. The number of amidine groups is 1. The van der Waals surface area contributed by atoms with Gasteiger partial charge in [-0.05, 0) is 18.7 Å². The zero-order chi connectivity index (χ0) is 14.5. The van der Waals surface area contributed by atoms with E-state index in [4.69, 9.17) is 11.1 Å². The van der Waals surface area contributed by atoms with Gasteiger partial charge in [0.2, 0.25) is 0 Å². The second-order valence-corrected chi connectivity index (χ2v) is 5.06. The molecule has 0 aliphatic heterocycles. The summed E-state index contributed by atoms with van der Waals surface area (Å²) in [6.07, 6.45) is 4.71. The van der Waals surface area contributed by atoms with Crippen molar-refractivity contribution in [3.63, 3.8) is 0 Å². The van der Waals surface area contributed by atoms with Gasteiger partial charge in [-0.1, -0.05) is 18.2 Å². The lowest BCUT2D eigenvalue weighted by Crippen LogP contribution is -2.22. The average molecular weight is 271 g/mol. The molecule has 2 aromatic rings. The number of rotatable bonds is 6. The van der Waals surface area contributed by atoms with E-state index >= 15 is 0 Å². The van der Waals surface area contributed by atoms with Crippen molar-refractivity contribution in [3.8, 4) is 0 Å². The van der Waals surface area contributed by atoms with Crippen LogP contribution in [0, 0.1) is 5.41 Å². The van der Waals surface area contributed by atoms with Gasteiger partial charge < -0.3 is 15.2 Å². The van der Waals surface area contributed by atoms with Crippen LogP contribution in [0.2, 0.25) is 0 Å². The molecule has 0 aliphatic rings. The number of nitrogens with two attached hydrogens (primary N) is 1. The highest BCUT2D eigenvalue weighted by molar-refractivity contribution is 5.95. The number of imidazole rings is 1. The summed E-state index contributed by atoms with van der Waals surface area (Å²) in [6.45, 7) is 1.78. The van der Waals surface area contributed by atoms with Crippen LogP contribution in [0.1, 0.15) is 17.0 Å². The second kappa shape index (κ2) is 6.34. The van der Waals surface area contributed by atoms with Crippen LogP contribution in [-0.2, 0) is 20.0 Å². The first-order valence-corrected chi connectivity index (χ1v) is 6.64. The van der Waals surface area contributed by atoms with E-state index < -0.39 is 0 Å². The molecule has 5 nitrogen and oxygen atoms in total.